The van der Waals surface area contributed by atoms with Crippen LogP contribution in [0.4, 0.5) is 0 Å². The maximum absolute atomic E-state index is 6.21. The minimum Gasteiger partial charge on any atom is -0.495 e. The Morgan fingerprint density at radius 1 is 1.25 bits per heavy atom. The van der Waals surface area contributed by atoms with E-state index in [9.17, 15) is 0 Å². The Hall–Kier alpha value is -0.730. The summed E-state index contributed by atoms with van der Waals surface area (Å²) >= 11 is 5.98. The highest BCUT2D eigenvalue weighted by Gasteiger charge is 2.18. The molecule has 0 saturated carbocycles. The summed E-state index contributed by atoms with van der Waals surface area (Å²) in [5.41, 5.74) is 7.29. The van der Waals surface area contributed by atoms with Crippen LogP contribution in [0.25, 0.3) is 0 Å². The molecule has 0 amide bonds. The van der Waals surface area contributed by atoms with Crippen LogP contribution in [0.15, 0.2) is 18.2 Å². The van der Waals surface area contributed by atoms with Gasteiger partial charge in [-0.25, -0.2) is 0 Å². The molecular formula is C13H20ClNO. The standard InChI is InChI=1S/C13H20ClNO/c1-8(2)9(3)13(15)10-5-6-11(14)12(7-10)16-4/h5-9,13H,15H2,1-4H3. The molecule has 0 aliphatic heterocycles. The molecule has 0 spiro atoms. The van der Waals surface area contributed by atoms with Gasteiger partial charge >= 0.3 is 0 Å². The van der Waals surface area contributed by atoms with E-state index in [2.05, 4.69) is 20.8 Å². The van der Waals surface area contributed by atoms with E-state index in [0.29, 0.717) is 22.6 Å². The van der Waals surface area contributed by atoms with Gasteiger partial charge in [-0.05, 0) is 29.5 Å². The molecule has 3 heteroatoms. The van der Waals surface area contributed by atoms with Crippen LogP contribution in [0, 0.1) is 11.8 Å². The molecule has 2 N–H and O–H groups in total. The van der Waals surface area contributed by atoms with Gasteiger partial charge in [0.15, 0.2) is 0 Å². The fourth-order valence-electron chi connectivity index (χ4n) is 1.60. The fraction of sp³-hybridized carbons (Fsp3) is 0.538. The summed E-state index contributed by atoms with van der Waals surface area (Å²) in [5.74, 6) is 1.66. The second kappa shape index (κ2) is 5.55. The van der Waals surface area contributed by atoms with Crippen LogP contribution >= 0.6 is 11.6 Å². The SMILES string of the molecule is COc1cc(C(N)C(C)C(C)C)ccc1Cl. The van der Waals surface area contributed by atoms with Gasteiger partial charge in [-0.2, -0.15) is 0 Å². The number of methoxy groups -OCH3 is 1. The molecule has 0 fully saturated rings. The van der Waals surface area contributed by atoms with E-state index in [1.165, 1.54) is 0 Å². The van der Waals surface area contributed by atoms with Gasteiger partial charge < -0.3 is 10.5 Å². The summed E-state index contributed by atoms with van der Waals surface area (Å²) in [6.45, 7) is 6.52. The molecule has 0 aromatic heterocycles. The number of ether oxygens (including phenoxy) is 1. The first-order valence-corrected chi connectivity index (χ1v) is 5.94. The van der Waals surface area contributed by atoms with Crippen LogP contribution in [0.1, 0.15) is 32.4 Å². The molecule has 0 bridgehead atoms. The molecule has 2 unspecified atom stereocenters. The number of nitrogens with two attached hydrogens (primary N) is 1. The third-order valence-corrected chi connectivity index (χ3v) is 3.49. The minimum atomic E-state index is 0.0196. The number of hydrogen-bond donors (Lipinski definition) is 1. The predicted octanol–water partition coefficient (Wildman–Crippen LogP) is 3.64. The average molecular weight is 242 g/mol. The van der Waals surface area contributed by atoms with Gasteiger partial charge in [0.1, 0.15) is 5.75 Å². The first-order valence-electron chi connectivity index (χ1n) is 5.56. The van der Waals surface area contributed by atoms with Crippen LogP contribution in [0.3, 0.4) is 0 Å². The van der Waals surface area contributed by atoms with E-state index in [0.717, 1.165) is 5.56 Å². The third kappa shape index (κ3) is 2.89. The van der Waals surface area contributed by atoms with Crippen molar-refractivity contribution in [2.75, 3.05) is 7.11 Å². The van der Waals surface area contributed by atoms with Crippen molar-refractivity contribution in [3.05, 3.63) is 28.8 Å². The van der Waals surface area contributed by atoms with Crippen molar-refractivity contribution in [3.63, 3.8) is 0 Å². The highest BCUT2D eigenvalue weighted by atomic mass is 35.5. The molecule has 0 heterocycles. The van der Waals surface area contributed by atoms with Gasteiger partial charge in [0, 0.05) is 6.04 Å². The molecule has 0 radical (unpaired) electrons. The lowest BCUT2D eigenvalue weighted by Crippen LogP contribution is -2.23. The zero-order valence-electron chi connectivity index (χ0n) is 10.3. The lowest BCUT2D eigenvalue weighted by atomic mass is 9.87. The van der Waals surface area contributed by atoms with E-state index in [1.807, 2.05) is 18.2 Å². The largest absolute Gasteiger partial charge is 0.495 e. The number of hydrogen-bond acceptors (Lipinski definition) is 2. The minimum absolute atomic E-state index is 0.0196. The van der Waals surface area contributed by atoms with Crippen molar-refractivity contribution in [3.8, 4) is 5.75 Å². The molecule has 1 aromatic rings. The van der Waals surface area contributed by atoms with Gasteiger partial charge in [-0.15, -0.1) is 0 Å². The maximum atomic E-state index is 6.21. The molecule has 1 rings (SSSR count). The van der Waals surface area contributed by atoms with Crippen LogP contribution in [-0.2, 0) is 0 Å². The third-order valence-electron chi connectivity index (χ3n) is 3.18. The van der Waals surface area contributed by atoms with Gasteiger partial charge in [0.25, 0.3) is 0 Å². The Labute approximate surface area is 103 Å². The summed E-state index contributed by atoms with van der Waals surface area (Å²) in [5, 5.41) is 0.621. The molecule has 90 valence electrons. The summed E-state index contributed by atoms with van der Waals surface area (Å²) in [4.78, 5) is 0. The second-order valence-electron chi connectivity index (χ2n) is 4.52. The Morgan fingerprint density at radius 2 is 1.88 bits per heavy atom. The topological polar surface area (TPSA) is 35.2 Å². The molecular weight excluding hydrogens is 222 g/mol. The molecule has 1 aromatic carbocycles. The normalized spacial score (nSPS) is 14.9. The second-order valence-corrected chi connectivity index (χ2v) is 4.93. The number of benzene rings is 1. The number of rotatable bonds is 4. The van der Waals surface area contributed by atoms with Crippen LogP contribution in [-0.4, -0.2) is 7.11 Å². The van der Waals surface area contributed by atoms with Crippen LogP contribution in [0.5, 0.6) is 5.75 Å². The molecule has 2 atom stereocenters. The van der Waals surface area contributed by atoms with Crippen molar-refractivity contribution < 1.29 is 4.74 Å². The monoisotopic (exact) mass is 241 g/mol. The average Bonchev–Trinajstić information content (AvgIpc) is 2.27. The molecule has 0 aliphatic carbocycles. The Morgan fingerprint density at radius 3 is 2.38 bits per heavy atom. The zero-order valence-corrected chi connectivity index (χ0v) is 11.1. The Balaban J connectivity index is 2.96. The van der Waals surface area contributed by atoms with Crippen LogP contribution < -0.4 is 10.5 Å². The first-order chi connectivity index (χ1) is 7.47. The summed E-state index contributed by atoms with van der Waals surface area (Å²) < 4.78 is 5.19. The molecule has 0 saturated heterocycles. The zero-order chi connectivity index (χ0) is 12.3. The summed E-state index contributed by atoms with van der Waals surface area (Å²) in [7, 11) is 1.61. The van der Waals surface area contributed by atoms with Gasteiger partial charge in [0.2, 0.25) is 0 Å². The Kier molecular flexibility index (Phi) is 4.63. The van der Waals surface area contributed by atoms with E-state index in [1.54, 1.807) is 7.11 Å². The first kappa shape index (κ1) is 13.3. The number of halogens is 1. The van der Waals surface area contributed by atoms with E-state index >= 15 is 0 Å². The highest BCUT2D eigenvalue weighted by molar-refractivity contribution is 6.32. The van der Waals surface area contributed by atoms with E-state index in [-0.39, 0.29) is 6.04 Å². The Bertz CT molecular complexity index is 352. The quantitative estimate of drug-likeness (QED) is 0.874. The molecule has 2 nitrogen and oxygen atoms in total. The van der Waals surface area contributed by atoms with Gasteiger partial charge in [-0.3, -0.25) is 0 Å². The van der Waals surface area contributed by atoms with Crippen molar-refractivity contribution in [2.24, 2.45) is 17.6 Å². The van der Waals surface area contributed by atoms with Gasteiger partial charge in [0.05, 0.1) is 12.1 Å². The predicted molar refractivity (Wildman–Crippen MR) is 68.9 cm³/mol. The van der Waals surface area contributed by atoms with Gasteiger partial charge in [-0.1, -0.05) is 38.4 Å². The fourth-order valence-corrected chi connectivity index (χ4v) is 1.80. The van der Waals surface area contributed by atoms with E-state index < -0.39 is 0 Å². The van der Waals surface area contributed by atoms with Crippen molar-refractivity contribution in [1.82, 2.24) is 0 Å². The summed E-state index contributed by atoms with van der Waals surface area (Å²) in [6.07, 6.45) is 0. The highest BCUT2D eigenvalue weighted by Crippen LogP contribution is 2.31. The smallest absolute Gasteiger partial charge is 0.137 e. The van der Waals surface area contributed by atoms with E-state index in [4.69, 9.17) is 22.1 Å². The van der Waals surface area contributed by atoms with Crippen LogP contribution in [0.2, 0.25) is 5.02 Å². The summed E-state index contributed by atoms with van der Waals surface area (Å²) in [6, 6.07) is 5.74. The van der Waals surface area contributed by atoms with Crippen molar-refractivity contribution in [1.29, 1.82) is 0 Å². The lowest BCUT2D eigenvalue weighted by Gasteiger charge is -2.24. The lowest BCUT2D eigenvalue weighted by molar-refractivity contribution is 0.350. The maximum Gasteiger partial charge on any atom is 0.137 e. The van der Waals surface area contributed by atoms with Crippen molar-refractivity contribution >= 4 is 11.6 Å². The van der Waals surface area contributed by atoms with Crippen molar-refractivity contribution in [2.45, 2.75) is 26.8 Å². The molecule has 0 aliphatic rings. The molecule has 16 heavy (non-hydrogen) atoms.